The van der Waals surface area contributed by atoms with Crippen LogP contribution < -0.4 is 0 Å². The first kappa shape index (κ1) is 21.1. The number of hydrogen-bond donors (Lipinski definition) is 1. The molecule has 0 amide bonds. The van der Waals surface area contributed by atoms with Gasteiger partial charge in [-0.3, -0.25) is 4.79 Å². The third-order valence-corrected chi connectivity index (χ3v) is 5.29. The maximum atomic E-state index is 12.1. The van der Waals surface area contributed by atoms with Crippen LogP contribution in [-0.4, -0.2) is 41.8 Å². The first-order valence-electron chi connectivity index (χ1n) is 9.12. The molecule has 0 saturated heterocycles. The molecule has 4 unspecified atom stereocenters. The lowest BCUT2D eigenvalue weighted by Crippen LogP contribution is -2.51. The predicted octanol–water partition coefficient (Wildman–Crippen LogP) is 2.98. The molecule has 4 atom stereocenters. The van der Waals surface area contributed by atoms with E-state index >= 15 is 0 Å². The summed E-state index contributed by atoms with van der Waals surface area (Å²) in [6.45, 7) is 11.5. The lowest BCUT2D eigenvalue weighted by atomic mass is 9.75. The second kappa shape index (κ2) is 8.95. The summed E-state index contributed by atoms with van der Waals surface area (Å²) in [6, 6.07) is 0. The van der Waals surface area contributed by atoms with Crippen molar-refractivity contribution >= 4 is 11.8 Å². The van der Waals surface area contributed by atoms with Gasteiger partial charge in [-0.1, -0.05) is 41.0 Å². The smallest absolute Gasteiger partial charge is 0.346 e. The van der Waals surface area contributed by atoms with Crippen molar-refractivity contribution in [2.45, 2.75) is 72.5 Å². The maximum absolute atomic E-state index is 12.1. The molecule has 1 N–H and O–H groups in total. The molecule has 0 bridgehead atoms. The van der Waals surface area contributed by atoms with E-state index in [4.69, 9.17) is 9.47 Å². The van der Waals surface area contributed by atoms with Gasteiger partial charge in [0.05, 0.1) is 12.7 Å². The molecule has 0 aromatic heterocycles. The lowest BCUT2D eigenvalue weighted by molar-refractivity contribution is -0.177. The van der Waals surface area contributed by atoms with E-state index < -0.39 is 23.3 Å². The molecule has 0 heterocycles. The first-order valence-corrected chi connectivity index (χ1v) is 9.12. The van der Waals surface area contributed by atoms with Crippen molar-refractivity contribution in [2.75, 3.05) is 13.2 Å². The molecule has 0 aromatic carbocycles. The summed E-state index contributed by atoms with van der Waals surface area (Å²) >= 11 is 0. The van der Waals surface area contributed by atoms with Gasteiger partial charge in [-0.05, 0) is 37.5 Å². The SMILES string of the molecule is CC(=O)C(O)(C(=O)OCCOC1CC(C)CCC1C(C)C)C(C)C. The zero-order valence-electron chi connectivity index (χ0n) is 16.0. The van der Waals surface area contributed by atoms with Gasteiger partial charge in [-0.25, -0.2) is 4.79 Å². The summed E-state index contributed by atoms with van der Waals surface area (Å²) in [6.07, 6.45) is 3.61. The molecule has 0 spiro atoms. The summed E-state index contributed by atoms with van der Waals surface area (Å²) in [5.74, 6) is -0.268. The molecule has 1 rings (SSSR count). The van der Waals surface area contributed by atoms with Crippen LogP contribution in [0.15, 0.2) is 0 Å². The molecule has 5 nitrogen and oxygen atoms in total. The molecule has 0 radical (unpaired) electrons. The Morgan fingerprint density at radius 2 is 1.79 bits per heavy atom. The summed E-state index contributed by atoms with van der Waals surface area (Å²) in [4.78, 5) is 23.7. The molecular weight excluding hydrogens is 308 g/mol. The highest BCUT2D eigenvalue weighted by Gasteiger charge is 2.45. The van der Waals surface area contributed by atoms with Crippen LogP contribution in [0.5, 0.6) is 0 Å². The van der Waals surface area contributed by atoms with Crippen LogP contribution >= 0.6 is 0 Å². The minimum absolute atomic E-state index is 0.0524. The molecule has 1 aliphatic carbocycles. The topological polar surface area (TPSA) is 72.8 Å². The first-order chi connectivity index (χ1) is 11.1. The monoisotopic (exact) mass is 342 g/mol. The van der Waals surface area contributed by atoms with Crippen LogP contribution in [0.25, 0.3) is 0 Å². The number of Topliss-reactive ketones (excluding diaryl/α,β-unsaturated/α-hetero) is 1. The van der Waals surface area contributed by atoms with Crippen molar-refractivity contribution in [3.8, 4) is 0 Å². The second-order valence-electron chi connectivity index (χ2n) is 7.85. The highest BCUT2D eigenvalue weighted by atomic mass is 16.6. The number of carbonyl (C=O) groups excluding carboxylic acids is 2. The molecule has 0 aromatic rings. The lowest BCUT2D eigenvalue weighted by Gasteiger charge is -2.37. The Hall–Kier alpha value is -0.940. The highest BCUT2D eigenvalue weighted by Crippen LogP contribution is 2.35. The summed E-state index contributed by atoms with van der Waals surface area (Å²) in [7, 11) is 0. The van der Waals surface area contributed by atoms with Crippen LogP contribution in [0.3, 0.4) is 0 Å². The van der Waals surface area contributed by atoms with Gasteiger partial charge in [0.25, 0.3) is 0 Å². The van der Waals surface area contributed by atoms with Crippen molar-refractivity contribution in [2.24, 2.45) is 23.7 Å². The number of ether oxygens (including phenoxy) is 2. The van der Waals surface area contributed by atoms with Gasteiger partial charge in [0.2, 0.25) is 5.60 Å². The highest BCUT2D eigenvalue weighted by molar-refractivity contribution is 6.06. The van der Waals surface area contributed by atoms with Crippen molar-refractivity contribution in [3.05, 3.63) is 0 Å². The Bertz CT molecular complexity index is 431. The fourth-order valence-electron chi connectivity index (χ4n) is 3.54. The van der Waals surface area contributed by atoms with Crippen molar-refractivity contribution in [1.82, 2.24) is 0 Å². The van der Waals surface area contributed by atoms with Crippen LogP contribution in [-0.2, 0) is 19.1 Å². The quantitative estimate of drug-likeness (QED) is 0.417. The van der Waals surface area contributed by atoms with E-state index in [1.165, 1.54) is 19.8 Å². The van der Waals surface area contributed by atoms with E-state index in [0.29, 0.717) is 24.4 Å². The zero-order chi connectivity index (χ0) is 18.5. The van der Waals surface area contributed by atoms with Crippen LogP contribution in [0.1, 0.15) is 60.8 Å². The summed E-state index contributed by atoms with van der Waals surface area (Å²) in [5.41, 5.74) is -2.07. The normalized spacial score (nSPS) is 27.1. The Morgan fingerprint density at radius 3 is 2.29 bits per heavy atom. The average molecular weight is 342 g/mol. The number of aliphatic hydroxyl groups is 1. The molecular formula is C19H34O5. The fourth-order valence-corrected chi connectivity index (χ4v) is 3.54. The number of hydrogen-bond acceptors (Lipinski definition) is 5. The van der Waals surface area contributed by atoms with E-state index in [-0.39, 0.29) is 12.7 Å². The maximum Gasteiger partial charge on any atom is 0.346 e. The van der Waals surface area contributed by atoms with Gasteiger partial charge >= 0.3 is 5.97 Å². The van der Waals surface area contributed by atoms with Gasteiger partial charge in [-0.15, -0.1) is 0 Å². The Balaban J connectivity index is 2.49. The van der Waals surface area contributed by atoms with Gasteiger partial charge in [0.15, 0.2) is 5.78 Å². The summed E-state index contributed by atoms with van der Waals surface area (Å²) in [5, 5.41) is 10.3. The summed E-state index contributed by atoms with van der Waals surface area (Å²) < 4.78 is 11.1. The van der Waals surface area contributed by atoms with Crippen LogP contribution in [0.4, 0.5) is 0 Å². The standard InChI is InChI=1S/C19H34O5/c1-12(2)16-8-7-14(5)11-17(16)23-9-10-24-18(21)19(22,13(3)4)15(6)20/h12-14,16-17,22H,7-11H2,1-6H3. The Morgan fingerprint density at radius 1 is 1.17 bits per heavy atom. The minimum Gasteiger partial charge on any atom is -0.461 e. The van der Waals surface area contributed by atoms with Crippen LogP contribution in [0.2, 0.25) is 0 Å². The number of esters is 1. The van der Waals surface area contributed by atoms with Gasteiger partial charge in [0.1, 0.15) is 6.61 Å². The number of carbonyl (C=O) groups is 2. The third-order valence-electron chi connectivity index (χ3n) is 5.29. The molecule has 0 aliphatic heterocycles. The number of ketones is 1. The van der Waals surface area contributed by atoms with E-state index in [0.717, 1.165) is 6.42 Å². The average Bonchev–Trinajstić information content (AvgIpc) is 2.49. The van der Waals surface area contributed by atoms with Gasteiger partial charge < -0.3 is 14.6 Å². The van der Waals surface area contributed by atoms with Crippen LogP contribution in [0, 0.1) is 23.7 Å². The molecule has 1 aliphatic rings. The second-order valence-corrected chi connectivity index (χ2v) is 7.85. The van der Waals surface area contributed by atoms with E-state index in [9.17, 15) is 14.7 Å². The van der Waals surface area contributed by atoms with Crippen molar-refractivity contribution in [1.29, 1.82) is 0 Å². The Labute approximate surface area is 146 Å². The van der Waals surface area contributed by atoms with E-state index in [2.05, 4.69) is 20.8 Å². The molecule has 5 heteroatoms. The predicted molar refractivity (Wildman–Crippen MR) is 92.5 cm³/mol. The Kier molecular flexibility index (Phi) is 7.87. The zero-order valence-corrected chi connectivity index (χ0v) is 16.0. The minimum atomic E-state index is -2.07. The van der Waals surface area contributed by atoms with E-state index in [1.54, 1.807) is 13.8 Å². The fraction of sp³-hybridized carbons (Fsp3) is 0.895. The van der Waals surface area contributed by atoms with Gasteiger partial charge in [0, 0.05) is 5.92 Å². The van der Waals surface area contributed by atoms with Crippen molar-refractivity contribution < 1.29 is 24.2 Å². The van der Waals surface area contributed by atoms with E-state index in [1.807, 2.05) is 0 Å². The third kappa shape index (κ3) is 5.03. The van der Waals surface area contributed by atoms with Gasteiger partial charge in [-0.2, -0.15) is 0 Å². The molecule has 140 valence electrons. The molecule has 1 fully saturated rings. The number of rotatable bonds is 8. The largest absolute Gasteiger partial charge is 0.461 e. The molecule has 1 saturated carbocycles. The van der Waals surface area contributed by atoms with Crippen molar-refractivity contribution in [3.63, 3.8) is 0 Å². The molecule has 24 heavy (non-hydrogen) atoms.